The van der Waals surface area contributed by atoms with E-state index in [1.807, 2.05) is 56.3 Å². The van der Waals surface area contributed by atoms with Crippen molar-refractivity contribution in [1.29, 1.82) is 0 Å². The number of carbonyl (C=O) groups excluding carboxylic acids is 1. The topological polar surface area (TPSA) is 51.2 Å². The number of rotatable bonds is 6. The predicted molar refractivity (Wildman–Crippen MR) is 87.4 cm³/mol. The molecule has 1 N–H and O–H groups in total. The number of hydrogen-bond acceptors (Lipinski definition) is 3. The molecule has 0 aliphatic rings. The lowest BCUT2D eigenvalue weighted by Gasteiger charge is -2.11. The zero-order valence-corrected chi connectivity index (χ0v) is 12.8. The fourth-order valence-corrected chi connectivity index (χ4v) is 1.98. The van der Waals surface area contributed by atoms with Crippen molar-refractivity contribution in [3.8, 4) is 5.75 Å². The summed E-state index contributed by atoms with van der Waals surface area (Å²) in [5, 5.41) is 2.89. The zero-order valence-electron chi connectivity index (χ0n) is 12.8. The Morgan fingerprint density at radius 2 is 2.05 bits per heavy atom. The van der Waals surface area contributed by atoms with Gasteiger partial charge in [0.1, 0.15) is 5.75 Å². The van der Waals surface area contributed by atoms with E-state index in [9.17, 15) is 4.79 Å². The first-order chi connectivity index (χ1) is 10.7. The summed E-state index contributed by atoms with van der Waals surface area (Å²) < 4.78 is 5.38. The average molecular weight is 296 g/mol. The summed E-state index contributed by atoms with van der Waals surface area (Å²) in [6, 6.07) is 13.1. The fraction of sp³-hybridized carbons (Fsp3) is 0.222. The molecule has 0 spiro atoms. The van der Waals surface area contributed by atoms with Crippen LogP contribution in [0.2, 0.25) is 0 Å². The quantitative estimate of drug-likeness (QED) is 0.831. The van der Waals surface area contributed by atoms with E-state index < -0.39 is 0 Å². The van der Waals surface area contributed by atoms with Crippen molar-refractivity contribution in [1.82, 2.24) is 10.3 Å². The average Bonchev–Trinajstić information content (AvgIpc) is 2.55. The van der Waals surface area contributed by atoms with E-state index in [0.717, 1.165) is 17.0 Å². The highest BCUT2D eigenvalue weighted by molar-refractivity contribution is 5.91. The molecule has 1 unspecified atom stereocenters. The SMILES string of the molecule is CCOc1ccc(/C=C/C(=O)NC(C)c2ccccn2)cc1. The van der Waals surface area contributed by atoms with Crippen LogP contribution >= 0.6 is 0 Å². The number of hydrogen-bond donors (Lipinski definition) is 1. The molecule has 4 heteroatoms. The Kier molecular flexibility index (Phi) is 5.72. The van der Waals surface area contributed by atoms with Gasteiger partial charge in [-0.05, 0) is 49.8 Å². The number of amides is 1. The molecule has 1 aromatic carbocycles. The van der Waals surface area contributed by atoms with E-state index in [4.69, 9.17) is 4.74 Å². The van der Waals surface area contributed by atoms with E-state index in [-0.39, 0.29) is 11.9 Å². The molecular weight excluding hydrogens is 276 g/mol. The van der Waals surface area contributed by atoms with Gasteiger partial charge < -0.3 is 10.1 Å². The number of benzene rings is 1. The summed E-state index contributed by atoms with van der Waals surface area (Å²) in [5.41, 5.74) is 1.79. The van der Waals surface area contributed by atoms with Gasteiger partial charge in [0.05, 0.1) is 18.3 Å². The van der Waals surface area contributed by atoms with Gasteiger partial charge in [0.15, 0.2) is 0 Å². The Morgan fingerprint density at radius 1 is 1.27 bits per heavy atom. The molecule has 0 aliphatic heterocycles. The van der Waals surface area contributed by atoms with Crippen LogP contribution in [-0.4, -0.2) is 17.5 Å². The summed E-state index contributed by atoms with van der Waals surface area (Å²) in [6.45, 7) is 4.49. The maximum Gasteiger partial charge on any atom is 0.244 e. The molecule has 2 aromatic rings. The zero-order chi connectivity index (χ0) is 15.8. The summed E-state index contributed by atoms with van der Waals surface area (Å²) >= 11 is 0. The number of aromatic nitrogens is 1. The van der Waals surface area contributed by atoms with Crippen LogP contribution in [0.4, 0.5) is 0 Å². The smallest absolute Gasteiger partial charge is 0.244 e. The van der Waals surface area contributed by atoms with E-state index >= 15 is 0 Å². The van der Waals surface area contributed by atoms with Gasteiger partial charge in [-0.25, -0.2) is 0 Å². The maximum absolute atomic E-state index is 11.9. The lowest BCUT2D eigenvalue weighted by Crippen LogP contribution is -2.25. The molecule has 22 heavy (non-hydrogen) atoms. The predicted octanol–water partition coefficient (Wildman–Crippen LogP) is 3.37. The van der Waals surface area contributed by atoms with Crippen LogP contribution in [0, 0.1) is 0 Å². The van der Waals surface area contributed by atoms with Crippen LogP contribution in [0.1, 0.15) is 31.1 Å². The molecule has 0 aliphatic carbocycles. The highest BCUT2D eigenvalue weighted by Crippen LogP contribution is 2.13. The first-order valence-corrected chi connectivity index (χ1v) is 7.31. The Hall–Kier alpha value is -2.62. The van der Waals surface area contributed by atoms with Crippen LogP contribution in [0.25, 0.3) is 6.08 Å². The Balaban J connectivity index is 1.91. The molecule has 1 atom stereocenters. The van der Waals surface area contributed by atoms with Crippen molar-refractivity contribution < 1.29 is 9.53 Å². The molecular formula is C18H20N2O2. The lowest BCUT2D eigenvalue weighted by atomic mass is 10.2. The molecule has 114 valence electrons. The van der Waals surface area contributed by atoms with E-state index in [1.54, 1.807) is 12.3 Å². The minimum atomic E-state index is -0.146. The molecule has 1 amide bonds. The van der Waals surface area contributed by atoms with Crippen LogP contribution in [0.3, 0.4) is 0 Å². The lowest BCUT2D eigenvalue weighted by molar-refractivity contribution is -0.117. The van der Waals surface area contributed by atoms with Crippen molar-refractivity contribution in [2.45, 2.75) is 19.9 Å². The molecule has 0 saturated heterocycles. The van der Waals surface area contributed by atoms with Gasteiger partial charge in [-0.3, -0.25) is 9.78 Å². The molecule has 0 saturated carbocycles. The molecule has 1 aromatic heterocycles. The number of pyridine rings is 1. The molecule has 0 radical (unpaired) electrons. The second-order valence-electron chi connectivity index (χ2n) is 4.82. The fourth-order valence-electron chi connectivity index (χ4n) is 1.98. The molecule has 4 nitrogen and oxygen atoms in total. The number of nitrogens with zero attached hydrogens (tertiary/aromatic N) is 1. The van der Waals surface area contributed by atoms with Crippen molar-refractivity contribution >= 4 is 12.0 Å². The largest absolute Gasteiger partial charge is 0.494 e. The summed E-state index contributed by atoms with van der Waals surface area (Å²) in [7, 11) is 0. The third kappa shape index (κ3) is 4.74. The van der Waals surface area contributed by atoms with Gasteiger partial charge >= 0.3 is 0 Å². The number of carbonyl (C=O) groups is 1. The number of nitrogens with one attached hydrogen (secondary N) is 1. The third-order valence-corrected chi connectivity index (χ3v) is 3.11. The van der Waals surface area contributed by atoms with Crippen molar-refractivity contribution in [2.24, 2.45) is 0 Å². The van der Waals surface area contributed by atoms with Crippen LogP contribution < -0.4 is 10.1 Å². The van der Waals surface area contributed by atoms with E-state index in [0.29, 0.717) is 6.61 Å². The van der Waals surface area contributed by atoms with Crippen LogP contribution in [0.15, 0.2) is 54.7 Å². The Bertz CT molecular complexity index is 621. The molecule has 0 fully saturated rings. The first kappa shape index (κ1) is 15.8. The maximum atomic E-state index is 11.9. The minimum Gasteiger partial charge on any atom is -0.494 e. The monoisotopic (exact) mass is 296 g/mol. The second-order valence-corrected chi connectivity index (χ2v) is 4.82. The van der Waals surface area contributed by atoms with Gasteiger partial charge in [0.2, 0.25) is 5.91 Å². The highest BCUT2D eigenvalue weighted by Gasteiger charge is 2.07. The van der Waals surface area contributed by atoms with Crippen molar-refractivity contribution in [3.05, 3.63) is 66.0 Å². The summed E-state index contributed by atoms with van der Waals surface area (Å²) in [5.74, 6) is 0.680. The van der Waals surface area contributed by atoms with Gasteiger partial charge in [-0.1, -0.05) is 18.2 Å². The van der Waals surface area contributed by atoms with E-state index in [2.05, 4.69) is 10.3 Å². The van der Waals surface area contributed by atoms with Gasteiger partial charge in [-0.15, -0.1) is 0 Å². The Labute approximate surface area is 130 Å². The van der Waals surface area contributed by atoms with Crippen molar-refractivity contribution in [2.75, 3.05) is 6.61 Å². The second kappa shape index (κ2) is 7.98. The normalized spacial score (nSPS) is 12.1. The first-order valence-electron chi connectivity index (χ1n) is 7.31. The summed E-state index contributed by atoms with van der Waals surface area (Å²) in [6.07, 6.45) is 5.01. The third-order valence-electron chi connectivity index (χ3n) is 3.11. The van der Waals surface area contributed by atoms with E-state index in [1.165, 1.54) is 6.08 Å². The molecule has 0 bridgehead atoms. The van der Waals surface area contributed by atoms with Crippen molar-refractivity contribution in [3.63, 3.8) is 0 Å². The Morgan fingerprint density at radius 3 is 2.68 bits per heavy atom. The summed E-state index contributed by atoms with van der Waals surface area (Å²) in [4.78, 5) is 16.1. The standard InChI is InChI=1S/C18H20N2O2/c1-3-22-16-10-7-15(8-11-16)9-12-18(21)20-14(2)17-6-4-5-13-19-17/h4-14H,3H2,1-2H3,(H,20,21)/b12-9+. The van der Waals surface area contributed by atoms with Crippen LogP contribution in [-0.2, 0) is 4.79 Å². The van der Waals surface area contributed by atoms with Gasteiger partial charge in [-0.2, -0.15) is 0 Å². The minimum absolute atomic E-state index is 0.126. The number of ether oxygens (including phenoxy) is 1. The van der Waals surface area contributed by atoms with Gasteiger partial charge in [0, 0.05) is 12.3 Å². The molecule has 2 rings (SSSR count). The van der Waals surface area contributed by atoms with Gasteiger partial charge in [0.25, 0.3) is 0 Å². The van der Waals surface area contributed by atoms with Crippen LogP contribution in [0.5, 0.6) is 5.75 Å². The highest BCUT2D eigenvalue weighted by atomic mass is 16.5. The molecule has 1 heterocycles.